The molecule has 0 spiro atoms. The second-order valence-corrected chi connectivity index (χ2v) is 7.39. The molecule has 6 heteroatoms. The van der Waals surface area contributed by atoms with Crippen molar-refractivity contribution in [2.45, 2.75) is 46.0 Å². The molecule has 140 valence electrons. The third kappa shape index (κ3) is 4.16. The molecule has 26 heavy (non-hydrogen) atoms. The molecule has 1 aromatic rings. The number of morpholine rings is 1. The summed E-state index contributed by atoms with van der Waals surface area (Å²) in [5.74, 6) is 0.719. The number of fused-ring (bicyclic) bond motifs is 1. The number of carbonyl (C=O) groups excluding carboxylic acids is 1. The number of nitriles is 1. The van der Waals surface area contributed by atoms with E-state index >= 15 is 0 Å². The van der Waals surface area contributed by atoms with E-state index in [0.29, 0.717) is 43.7 Å². The molecule has 3 rings (SSSR count). The molecule has 1 fully saturated rings. The molecule has 0 unspecified atom stereocenters. The van der Waals surface area contributed by atoms with E-state index in [4.69, 9.17) is 9.47 Å². The maximum atomic E-state index is 12.4. The minimum absolute atomic E-state index is 0.0814. The van der Waals surface area contributed by atoms with Gasteiger partial charge in [0.2, 0.25) is 5.88 Å². The molecule has 0 atom stereocenters. The van der Waals surface area contributed by atoms with Crippen LogP contribution in [0.5, 0.6) is 5.88 Å². The lowest BCUT2D eigenvalue weighted by Crippen LogP contribution is -2.43. The molecule has 2 aliphatic rings. The molecule has 1 saturated heterocycles. The van der Waals surface area contributed by atoms with Gasteiger partial charge in [-0.05, 0) is 49.1 Å². The van der Waals surface area contributed by atoms with Crippen molar-refractivity contribution in [2.24, 2.45) is 5.92 Å². The Labute approximate surface area is 155 Å². The predicted molar refractivity (Wildman–Crippen MR) is 97.0 cm³/mol. The summed E-state index contributed by atoms with van der Waals surface area (Å²) in [6, 6.07) is 2.28. The average Bonchev–Trinajstić information content (AvgIpc) is 2.66. The van der Waals surface area contributed by atoms with Gasteiger partial charge in [-0.2, -0.15) is 5.26 Å². The molecule has 1 aromatic heterocycles. The summed E-state index contributed by atoms with van der Waals surface area (Å²) in [6.45, 7) is 6.54. The van der Waals surface area contributed by atoms with Gasteiger partial charge in [-0.15, -0.1) is 0 Å². The van der Waals surface area contributed by atoms with Gasteiger partial charge in [-0.25, -0.2) is 4.98 Å². The first-order valence-corrected chi connectivity index (χ1v) is 9.53. The van der Waals surface area contributed by atoms with Crippen LogP contribution in [-0.4, -0.2) is 48.7 Å². The number of hydrogen-bond acceptors (Lipinski definition) is 5. The van der Waals surface area contributed by atoms with Crippen molar-refractivity contribution in [2.75, 3.05) is 32.9 Å². The van der Waals surface area contributed by atoms with Crippen LogP contribution in [0.4, 0.5) is 0 Å². The average molecular weight is 357 g/mol. The molecule has 6 nitrogen and oxygen atoms in total. The molecule has 1 aliphatic heterocycles. The number of aromatic nitrogens is 1. The predicted octanol–water partition coefficient (Wildman–Crippen LogP) is 2.27. The van der Waals surface area contributed by atoms with Crippen LogP contribution in [0.25, 0.3) is 0 Å². The van der Waals surface area contributed by atoms with Gasteiger partial charge in [-0.3, -0.25) is 4.79 Å². The largest absolute Gasteiger partial charge is 0.467 e. The van der Waals surface area contributed by atoms with E-state index < -0.39 is 0 Å². The highest BCUT2D eigenvalue weighted by molar-refractivity contribution is 5.78. The van der Waals surface area contributed by atoms with Crippen molar-refractivity contribution in [3.05, 3.63) is 22.4 Å². The van der Waals surface area contributed by atoms with Crippen molar-refractivity contribution in [1.82, 2.24) is 9.88 Å². The van der Waals surface area contributed by atoms with E-state index in [1.165, 1.54) is 5.56 Å². The Morgan fingerprint density at radius 1 is 1.27 bits per heavy atom. The van der Waals surface area contributed by atoms with E-state index in [2.05, 4.69) is 24.9 Å². The number of ether oxygens (including phenoxy) is 2. The fourth-order valence-electron chi connectivity index (χ4n) is 3.68. The smallest absolute Gasteiger partial charge is 0.260 e. The molecule has 0 radical (unpaired) electrons. The number of amides is 1. The van der Waals surface area contributed by atoms with Gasteiger partial charge in [-0.1, -0.05) is 13.8 Å². The monoisotopic (exact) mass is 357 g/mol. The third-order valence-corrected chi connectivity index (χ3v) is 4.98. The number of pyridine rings is 1. The summed E-state index contributed by atoms with van der Waals surface area (Å²) in [7, 11) is 0. The van der Waals surface area contributed by atoms with E-state index in [-0.39, 0.29) is 12.5 Å². The van der Waals surface area contributed by atoms with Crippen molar-refractivity contribution >= 4 is 5.91 Å². The summed E-state index contributed by atoms with van der Waals surface area (Å²) in [5, 5.41) is 9.68. The van der Waals surface area contributed by atoms with Gasteiger partial charge >= 0.3 is 0 Å². The highest BCUT2D eigenvalue weighted by Crippen LogP contribution is 2.32. The van der Waals surface area contributed by atoms with E-state index in [1.807, 2.05) is 0 Å². The van der Waals surface area contributed by atoms with E-state index in [9.17, 15) is 10.1 Å². The zero-order chi connectivity index (χ0) is 18.5. The number of hydrogen-bond donors (Lipinski definition) is 0. The van der Waals surface area contributed by atoms with Gasteiger partial charge in [0, 0.05) is 18.8 Å². The van der Waals surface area contributed by atoms with Crippen LogP contribution in [0.2, 0.25) is 0 Å². The maximum Gasteiger partial charge on any atom is 0.260 e. The first-order chi connectivity index (χ1) is 12.6. The molecule has 0 N–H and O–H groups in total. The molecular formula is C20H27N3O3. The lowest BCUT2D eigenvalue weighted by Gasteiger charge is -2.27. The third-order valence-electron chi connectivity index (χ3n) is 4.98. The fourth-order valence-corrected chi connectivity index (χ4v) is 3.68. The fraction of sp³-hybridized carbons (Fsp3) is 0.650. The van der Waals surface area contributed by atoms with E-state index in [0.717, 1.165) is 43.4 Å². The van der Waals surface area contributed by atoms with Crippen molar-refractivity contribution < 1.29 is 14.3 Å². The van der Waals surface area contributed by atoms with Crippen LogP contribution in [0, 0.1) is 17.2 Å². The van der Waals surface area contributed by atoms with Crippen LogP contribution in [0.15, 0.2) is 0 Å². The normalized spacial score (nSPS) is 16.9. The maximum absolute atomic E-state index is 12.4. The standard InChI is InChI=1S/C20H27N3O3/c1-14(2)11-18-16-6-4-3-5-15(16)17(12-21)20(22-18)26-13-19(24)23-7-9-25-10-8-23/h14H,3-11,13H2,1-2H3. The highest BCUT2D eigenvalue weighted by atomic mass is 16.5. The van der Waals surface area contributed by atoms with Crippen LogP contribution in [-0.2, 0) is 28.8 Å². The second kappa shape index (κ2) is 8.50. The zero-order valence-corrected chi connectivity index (χ0v) is 15.7. The van der Waals surface area contributed by atoms with Gasteiger partial charge in [0.1, 0.15) is 11.6 Å². The Hall–Kier alpha value is -2.13. The van der Waals surface area contributed by atoms with Gasteiger partial charge in [0.15, 0.2) is 6.61 Å². The van der Waals surface area contributed by atoms with E-state index in [1.54, 1.807) is 4.90 Å². The lowest BCUT2D eigenvalue weighted by molar-refractivity contribution is -0.137. The summed E-state index contributed by atoms with van der Waals surface area (Å²) >= 11 is 0. The van der Waals surface area contributed by atoms with Crippen molar-refractivity contribution in [3.8, 4) is 11.9 Å². The molecular weight excluding hydrogens is 330 g/mol. The van der Waals surface area contributed by atoms with Crippen molar-refractivity contribution in [1.29, 1.82) is 5.26 Å². The first-order valence-electron chi connectivity index (χ1n) is 9.53. The summed E-state index contributed by atoms with van der Waals surface area (Å²) in [5.41, 5.74) is 3.86. The second-order valence-electron chi connectivity index (χ2n) is 7.39. The van der Waals surface area contributed by atoms with Crippen molar-refractivity contribution in [3.63, 3.8) is 0 Å². The topological polar surface area (TPSA) is 75.4 Å². The zero-order valence-electron chi connectivity index (χ0n) is 15.7. The first kappa shape index (κ1) is 18.7. The lowest BCUT2D eigenvalue weighted by atomic mass is 9.86. The molecule has 1 aliphatic carbocycles. The van der Waals surface area contributed by atoms with Crippen LogP contribution in [0.1, 0.15) is 49.1 Å². The Balaban J connectivity index is 1.83. The Morgan fingerprint density at radius 3 is 2.62 bits per heavy atom. The Morgan fingerprint density at radius 2 is 1.96 bits per heavy atom. The molecule has 1 amide bonds. The summed E-state index contributed by atoms with van der Waals surface area (Å²) in [6.07, 6.45) is 4.95. The summed E-state index contributed by atoms with van der Waals surface area (Å²) in [4.78, 5) is 18.8. The molecule has 2 heterocycles. The summed E-state index contributed by atoms with van der Waals surface area (Å²) < 4.78 is 11.0. The molecule has 0 bridgehead atoms. The van der Waals surface area contributed by atoms with Gasteiger partial charge < -0.3 is 14.4 Å². The quantitative estimate of drug-likeness (QED) is 0.808. The molecule has 0 saturated carbocycles. The highest BCUT2D eigenvalue weighted by Gasteiger charge is 2.24. The van der Waals surface area contributed by atoms with Gasteiger partial charge in [0.05, 0.1) is 13.2 Å². The Bertz CT molecular complexity index is 703. The minimum atomic E-state index is -0.0818. The SMILES string of the molecule is CC(C)Cc1nc(OCC(=O)N2CCOCC2)c(C#N)c2c1CCCC2. The minimum Gasteiger partial charge on any atom is -0.467 e. The molecule has 0 aromatic carbocycles. The van der Waals surface area contributed by atoms with Crippen LogP contribution >= 0.6 is 0 Å². The van der Waals surface area contributed by atoms with Crippen LogP contribution in [0.3, 0.4) is 0 Å². The Kier molecular flexibility index (Phi) is 6.10. The number of nitrogens with zero attached hydrogens (tertiary/aromatic N) is 3. The number of rotatable bonds is 5. The van der Waals surface area contributed by atoms with Gasteiger partial charge in [0.25, 0.3) is 5.91 Å². The number of carbonyl (C=O) groups is 1. The van der Waals surface area contributed by atoms with Crippen LogP contribution < -0.4 is 4.74 Å².